The van der Waals surface area contributed by atoms with E-state index in [1.807, 2.05) is 19.9 Å². The number of nitrogens with one attached hydrogen (secondary N) is 3. The van der Waals surface area contributed by atoms with Crippen LogP contribution in [0.4, 0.5) is 4.39 Å². The Kier molecular flexibility index (Phi) is 6.87. The van der Waals surface area contributed by atoms with Crippen molar-refractivity contribution < 1.29 is 23.5 Å². The third-order valence-electron chi connectivity index (χ3n) is 3.43. The minimum atomic E-state index is -0.674. The first kappa shape index (κ1) is 19.9. The van der Waals surface area contributed by atoms with Gasteiger partial charge in [-0.1, -0.05) is 29.3 Å². The molecule has 0 bridgehead atoms. The van der Waals surface area contributed by atoms with Crippen LogP contribution in [0.5, 0.6) is 5.75 Å². The first-order valence-corrected chi connectivity index (χ1v) is 8.16. The highest BCUT2D eigenvalue weighted by atomic mass is 19.1. The molecule has 3 amide bonds. The summed E-state index contributed by atoms with van der Waals surface area (Å²) in [6.45, 7) is 2.95. The number of halogens is 1. The van der Waals surface area contributed by atoms with Crippen molar-refractivity contribution in [2.24, 2.45) is 0 Å². The zero-order valence-electron chi connectivity index (χ0n) is 15.0. The molecule has 8 heteroatoms. The Morgan fingerprint density at radius 2 is 1.59 bits per heavy atom. The Bertz CT molecular complexity index is 834. The first-order chi connectivity index (χ1) is 12.8. The van der Waals surface area contributed by atoms with Crippen molar-refractivity contribution in [3.63, 3.8) is 0 Å². The van der Waals surface area contributed by atoms with Crippen LogP contribution in [0.3, 0.4) is 0 Å². The van der Waals surface area contributed by atoms with Crippen LogP contribution in [-0.4, -0.2) is 30.9 Å². The molecular formula is C19H20FN3O4. The number of aryl methyl sites for hydroxylation is 2. The van der Waals surface area contributed by atoms with E-state index in [0.29, 0.717) is 5.56 Å². The van der Waals surface area contributed by atoms with Crippen LogP contribution in [0.15, 0.2) is 42.5 Å². The van der Waals surface area contributed by atoms with Gasteiger partial charge in [0.05, 0.1) is 6.54 Å². The minimum absolute atomic E-state index is 0.0697. The Hall–Kier alpha value is -3.42. The first-order valence-electron chi connectivity index (χ1n) is 8.16. The topological polar surface area (TPSA) is 96.5 Å². The van der Waals surface area contributed by atoms with E-state index in [1.165, 1.54) is 18.2 Å². The summed E-state index contributed by atoms with van der Waals surface area (Å²) in [6.07, 6.45) is 0. The molecule has 0 heterocycles. The van der Waals surface area contributed by atoms with Crippen molar-refractivity contribution in [3.8, 4) is 5.75 Å². The van der Waals surface area contributed by atoms with Crippen molar-refractivity contribution in [2.75, 3.05) is 13.2 Å². The van der Waals surface area contributed by atoms with Gasteiger partial charge in [0.15, 0.2) is 18.2 Å². The number of benzene rings is 2. The summed E-state index contributed by atoms with van der Waals surface area (Å²) in [6, 6.07) is 11.0. The second kappa shape index (κ2) is 9.33. The molecule has 7 nitrogen and oxygen atoms in total. The molecule has 0 aliphatic heterocycles. The maximum absolute atomic E-state index is 13.4. The van der Waals surface area contributed by atoms with Crippen LogP contribution in [0.2, 0.25) is 0 Å². The van der Waals surface area contributed by atoms with Gasteiger partial charge < -0.3 is 10.1 Å². The maximum atomic E-state index is 13.4. The van der Waals surface area contributed by atoms with E-state index in [9.17, 15) is 18.8 Å². The molecule has 0 aliphatic rings. The standard InChI is InChI=1S/C19H20FN3O4/c1-12-7-13(2)9-14(8-12)19(26)21-10-17(24)22-23-18(25)11-27-16-6-4-3-5-15(16)20/h3-9H,10-11H2,1-2H3,(H,21,26)(H,22,24)(H,23,25). The fraction of sp³-hybridized carbons (Fsp3) is 0.211. The van der Waals surface area contributed by atoms with Crippen LogP contribution in [0.1, 0.15) is 21.5 Å². The van der Waals surface area contributed by atoms with Gasteiger partial charge in [0.25, 0.3) is 17.7 Å². The summed E-state index contributed by atoms with van der Waals surface area (Å²) >= 11 is 0. The van der Waals surface area contributed by atoms with E-state index in [4.69, 9.17) is 4.74 Å². The largest absolute Gasteiger partial charge is 0.481 e. The monoisotopic (exact) mass is 373 g/mol. The Morgan fingerprint density at radius 1 is 0.963 bits per heavy atom. The summed E-state index contributed by atoms with van der Waals surface area (Å²) in [7, 11) is 0. The fourth-order valence-corrected chi connectivity index (χ4v) is 2.29. The van der Waals surface area contributed by atoms with E-state index in [0.717, 1.165) is 11.1 Å². The molecule has 0 atom stereocenters. The van der Waals surface area contributed by atoms with Crippen molar-refractivity contribution in [1.29, 1.82) is 0 Å². The number of amides is 3. The quantitative estimate of drug-likeness (QED) is 0.667. The molecule has 2 aromatic rings. The highest BCUT2D eigenvalue weighted by molar-refractivity contribution is 5.97. The molecule has 0 aliphatic carbocycles. The zero-order valence-corrected chi connectivity index (χ0v) is 15.0. The Morgan fingerprint density at radius 3 is 2.26 bits per heavy atom. The fourth-order valence-electron chi connectivity index (χ4n) is 2.29. The summed E-state index contributed by atoms with van der Waals surface area (Å²) < 4.78 is 18.4. The van der Waals surface area contributed by atoms with Crippen molar-refractivity contribution >= 4 is 17.7 Å². The van der Waals surface area contributed by atoms with Crippen LogP contribution in [0, 0.1) is 19.7 Å². The van der Waals surface area contributed by atoms with Gasteiger partial charge in [-0.15, -0.1) is 0 Å². The number of hydrogen-bond donors (Lipinski definition) is 3. The molecular weight excluding hydrogens is 353 g/mol. The van der Waals surface area contributed by atoms with Gasteiger partial charge in [0, 0.05) is 5.56 Å². The van der Waals surface area contributed by atoms with Crippen molar-refractivity contribution in [1.82, 2.24) is 16.2 Å². The van der Waals surface area contributed by atoms with Crippen LogP contribution >= 0.6 is 0 Å². The summed E-state index contributed by atoms with van der Waals surface area (Å²) in [5, 5.41) is 2.46. The lowest BCUT2D eigenvalue weighted by Crippen LogP contribution is -2.47. The molecule has 2 aromatic carbocycles. The van der Waals surface area contributed by atoms with Crippen LogP contribution < -0.4 is 20.9 Å². The number of carbonyl (C=O) groups is 3. The van der Waals surface area contributed by atoms with Gasteiger partial charge in [-0.05, 0) is 38.1 Å². The van der Waals surface area contributed by atoms with Crippen molar-refractivity contribution in [2.45, 2.75) is 13.8 Å². The molecule has 2 rings (SSSR count). The molecule has 0 saturated carbocycles. The third kappa shape index (κ3) is 6.43. The molecule has 3 N–H and O–H groups in total. The molecule has 142 valence electrons. The van der Waals surface area contributed by atoms with Gasteiger partial charge in [0.2, 0.25) is 0 Å². The van der Waals surface area contributed by atoms with E-state index >= 15 is 0 Å². The minimum Gasteiger partial charge on any atom is -0.481 e. The van der Waals surface area contributed by atoms with Gasteiger partial charge in [0.1, 0.15) is 0 Å². The summed E-state index contributed by atoms with van der Waals surface area (Å²) in [4.78, 5) is 35.4. The third-order valence-corrected chi connectivity index (χ3v) is 3.43. The number of para-hydroxylation sites is 1. The lowest BCUT2D eigenvalue weighted by Gasteiger charge is -2.10. The molecule has 0 unspecified atom stereocenters. The maximum Gasteiger partial charge on any atom is 0.276 e. The van der Waals surface area contributed by atoms with E-state index < -0.39 is 30.1 Å². The average Bonchev–Trinajstić information content (AvgIpc) is 2.63. The number of hydrogen-bond acceptors (Lipinski definition) is 4. The highest BCUT2D eigenvalue weighted by Crippen LogP contribution is 2.14. The average molecular weight is 373 g/mol. The van der Waals surface area contributed by atoms with E-state index in [1.54, 1.807) is 18.2 Å². The van der Waals surface area contributed by atoms with E-state index in [2.05, 4.69) is 16.2 Å². The van der Waals surface area contributed by atoms with Gasteiger partial charge >= 0.3 is 0 Å². The van der Waals surface area contributed by atoms with Gasteiger partial charge in [-0.2, -0.15) is 0 Å². The molecule has 0 fully saturated rings. The summed E-state index contributed by atoms with van der Waals surface area (Å²) in [5.41, 5.74) is 6.57. The molecule has 0 saturated heterocycles. The van der Waals surface area contributed by atoms with E-state index in [-0.39, 0.29) is 12.3 Å². The lowest BCUT2D eigenvalue weighted by atomic mass is 10.1. The molecule has 0 aromatic heterocycles. The number of ether oxygens (including phenoxy) is 1. The SMILES string of the molecule is Cc1cc(C)cc(C(=O)NCC(=O)NNC(=O)COc2ccccc2F)c1. The Balaban J connectivity index is 1.71. The molecule has 0 radical (unpaired) electrons. The lowest BCUT2D eigenvalue weighted by molar-refractivity contribution is -0.129. The normalized spacial score (nSPS) is 10.0. The zero-order chi connectivity index (χ0) is 19.8. The second-order valence-corrected chi connectivity index (χ2v) is 5.87. The van der Waals surface area contributed by atoms with Crippen molar-refractivity contribution in [3.05, 3.63) is 65.0 Å². The number of carbonyl (C=O) groups excluding carboxylic acids is 3. The molecule has 27 heavy (non-hydrogen) atoms. The Labute approximate surface area is 155 Å². The molecule has 0 spiro atoms. The predicted molar refractivity (Wildman–Crippen MR) is 96.4 cm³/mol. The highest BCUT2D eigenvalue weighted by Gasteiger charge is 2.10. The number of rotatable bonds is 6. The van der Waals surface area contributed by atoms with Gasteiger partial charge in [-0.3, -0.25) is 25.2 Å². The van der Waals surface area contributed by atoms with Gasteiger partial charge in [-0.25, -0.2) is 4.39 Å². The summed E-state index contributed by atoms with van der Waals surface area (Å²) in [5.74, 6) is -2.35. The second-order valence-electron chi connectivity index (χ2n) is 5.87. The smallest absolute Gasteiger partial charge is 0.276 e. The van der Waals surface area contributed by atoms with Crippen LogP contribution in [-0.2, 0) is 9.59 Å². The van der Waals surface area contributed by atoms with Crippen LogP contribution in [0.25, 0.3) is 0 Å². The predicted octanol–water partition coefficient (Wildman–Crippen LogP) is 1.40. The number of hydrazine groups is 1.